The van der Waals surface area contributed by atoms with E-state index >= 15 is 0 Å². The summed E-state index contributed by atoms with van der Waals surface area (Å²) in [5.74, 6) is -4.14. The summed E-state index contributed by atoms with van der Waals surface area (Å²) in [6, 6.07) is -3.87. The lowest BCUT2D eigenvalue weighted by Gasteiger charge is -2.20. The highest BCUT2D eigenvalue weighted by Crippen LogP contribution is 1.98. The van der Waals surface area contributed by atoms with Gasteiger partial charge < -0.3 is 37.6 Å². The van der Waals surface area contributed by atoms with Crippen LogP contribution >= 0.6 is 11.8 Å². The molecule has 13 heteroatoms. The maximum Gasteiger partial charge on any atom is 0.328 e. The molecule has 0 rings (SSSR count). The number of carbonyl (C=O) groups excluding carboxylic acids is 4. The number of aliphatic carboxylic acids is 1. The quantitative estimate of drug-likeness (QED) is 0.159. The molecule has 12 nitrogen and oxygen atoms in total. The van der Waals surface area contributed by atoms with Crippen molar-refractivity contribution in [1.82, 2.24) is 16.0 Å². The zero-order chi connectivity index (χ0) is 21.0. The number of nitrogens with two attached hydrogens (primary N) is 2. The molecule has 0 heterocycles. The molecular formula is C14H25N5O7S. The molecule has 0 aromatic rings. The van der Waals surface area contributed by atoms with E-state index < -0.39 is 67.3 Å². The fourth-order valence-electron chi connectivity index (χ4n) is 1.79. The Kier molecular flexibility index (Phi) is 11.8. The number of hydrogen-bond acceptors (Lipinski definition) is 8. The number of hydrogen-bond donors (Lipinski definition) is 7. The van der Waals surface area contributed by atoms with E-state index in [1.807, 2.05) is 11.6 Å². The molecule has 0 aliphatic carbocycles. The lowest BCUT2D eigenvalue weighted by atomic mass is 10.1. The van der Waals surface area contributed by atoms with E-state index in [1.165, 1.54) is 11.8 Å². The van der Waals surface area contributed by atoms with Gasteiger partial charge in [0.05, 0.1) is 25.6 Å². The molecule has 0 aliphatic heterocycles. The second-order valence-corrected chi connectivity index (χ2v) is 6.46. The van der Waals surface area contributed by atoms with Crippen LogP contribution in [-0.2, 0) is 24.0 Å². The molecular weight excluding hydrogens is 382 g/mol. The number of amides is 4. The molecule has 0 aromatic carbocycles. The summed E-state index contributed by atoms with van der Waals surface area (Å²) in [6.07, 6.45) is 1.67. The molecule has 0 unspecified atom stereocenters. The number of rotatable bonds is 13. The van der Waals surface area contributed by atoms with Crippen molar-refractivity contribution in [1.29, 1.82) is 0 Å². The van der Waals surface area contributed by atoms with Gasteiger partial charge in [0.25, 0.3) is 0 Å². The van der Waals surface area contributed by atoms with Gasteiger partial charge in [-0.3, -0.25) is 19.2 Å². The molecule has 154 valence electrons. The molecule has 27 heavy (non-hydrogen) atoms. The molecule has 0 aliphatic rings. The summed E-state index contributed by atoms with van der Waals surface area (Å²) >= 11 is 1.51. The summed E-state index contributed by atoms with van der Waals surface area (Å²) in [4.78, 5) is 57.6. The number of carboxylic acid groups (broad SMARTS) is 1. The number of thioether (sulfide) groups is 1. The van der Waals surface area contributed by atoms with Crippen LogP contribution in [0.3, 0.4) is 0 Å². The van der Waals surface area contributed by atoms with Gasteiger partial charge in [-0.25, -0.2) is 4.79 Å². The molecule has 0 spiro atoms. The smallest absolute Gasteiger partial charge is 0.328 e. The minimum absolute atomic E-state index is 0.416. The van der Waals surface area contributed by atoms with E-state index in [0.717, 1.165) is 0 Å². The Morgan fingerprint density at radius 2 is 1.70 bits per heavy atom. The number of carbonyl (C=O) groups is 5. The fraction of sp³-hybridized carbons (Fsp3) is 0.643. The second-order valence-electron chi connectivity index (χ2n) is 5.48. The normalized spacial score (nSPS) is 13.7. The monoisotopic (exact) mass is 407 g/mol. The first-order chi connectivity index (χ1) is 12.6. The lowest BCUT2D eigenvalue weighted by Crippen LogP contribution is -2.55. The number of primary amides is 1. The van der Waals surface area contributed by atoms with E-state index in [1.54, 1.807) is 0 Å². The van der Waals surface area contributed by atoms with E-state index in [0.29, 0.717) is 12.2 Å². The zero-order valence-corrected chi connectivity index (χ0v) is 15.6. The molecule has 0 bridgehead atoms. The Morgan fingerprint density at radius 3 is 2.19 bits per heavy atom. The molecule has 4 amide bonds. The van der Waals surface area contributed by atoms with Gasteiger partial charge in [-0.1, -0.05) is 0 Å². The average Bonchev–Trinajstić information content (AvgIpc) is 2.60. The van der Waals surface area contributed by atoms with Crippen molar-refractivity contribution >= 4 is 41.4 Å². The van der Waals surface area contributed by atoms with Crippen LogP contribution in [0.4, 0.5) is 0 Å². The largest absolute Gasteiger partial charge is 0.480 e. The summed E-state index contributed by atoms with van der Waals surface area (Å²) in [6.45, 7) is -1.39. The van der Waals surface area contributed by atoms with Gasteiger partial charge >= 0.3 is 5.97 Å². The predicted molar refractivity (Wildman–Crippen MR) is 96.4 cm³/mol. The van der Waals surface area contributed by atoms with Crippen molar-refractivity contribution in [3.05, 3.63) is 0 Å². The van der Waals surface area contributed by atoms with Gasteiger partial charge in [0.2, 0.25) is 23.6 Å². The van der Waals surface area contributed by atoms with Crippen LogP contribution in [0.1, 0.15) is 12.8 Å². The van der Waals surface area contributed by atoms with E-state index in [4.69, 9.17) is 21.7 Å². The molecule has 0 radical (unpaired) electrons. The Hall–Kier alpha value is -2.38. The van der Waals surface area contributed by atoms with Crippen LogP contribution < -0.4 is 27.4 Å². The molecule has 0 aromatic heterocycles. The first-order valence-electron chi connectivity index (χ1n) is 7.86. The third-order valence-corrected chi connectivity index (χ3v) is 3.89. The van der Waals surface area contributed by atoms with Crippen LogP contribution in [0.25, 0.3) is 0 Å². The number of nitrogens with one attached hydrogen (secondary N) is 3. The maximum atomic E-state index is 12.0. The Labute approximate surface area is 159 Å². The standard InChI is InChI=1S/C14H25N5O7S/c1-27-3-2-7(15)12(23)17-5-11(22)18-8(4-10(16)21)13(24)19-9(6-20)14(25)26/h7-9,20H,2-6,15H2,1H3,(H2,16,21)(H,17,23)(H,18,22)(H,19,24)(H,25,26)/t7-,8-,9-/m0/s1. The van der Waals surface area contributed by atoms with Crippen LogP contribution in [0.15, 0.2) is 0 Å². The van der Waals surface area contributed by atoms with Crippen molar-refractivity contribution in [3.8, 4) is 0 Å². The van der Waals surface area contributed by atoms with Gasteiger partial charge in [-0.05, 0) is 18.4 Å². The summed E-state index contributed by atoms with van der Waals surface area (Å²) in [5, 5.41) is 24.1. The zero-order valence-electron chi connectivity index (χ0n) is 14.8. The van der Waals surface area contributed by atoms with E-state index in [2.05, 4.69) is 10.6 Å². The van der Waals surface area contributed by atoms with Crippen molar-refractivity contribution in [2.45, 2.75) is 31.0 Å². The van der Waals surface area contributed by atoms with Gasteiger partial charge in [0.1, 0.15) is 12.1 Å². The van der Waals surface area contributed by atoms with Crippen LogP contribution in [0, 0.1) is 0 Å². The topological polar surface area (TPSA) is 214 Å². The number of aliphatic hydroxyl groups excluding tert-OH is 1. The maximum absolute atomic E-state index is 12.0. The Morgan fingerprint density at radius 1 is 1.07 bits per heavy atom. The Balaban J connectivity index is 4.72. The third-order valence-electron chi connectivity index (χ3n) is 3.25. The van der Waals surface area contributed by atoms with E-state index in [-0.39, 0.29) is 0 Å². The molecule has 0 saturated heterocycles. The summed E-state index contributed by atoms with van der Waals surface area (Å²) in [5.41, 5.74) is 10.7. The van der Waals surface area contributed by atoms with Gasteiger partial charge in [-0.15, -0.1) is 0 Å². The van der Waals surface area contributed by atoms with Crippen molar-refractivity contribution in [2.24, 2.45) is 11.5 Å². The molecule has 0 saturated carbocycles. The first-order valence-corrected chi connectivity index (χ1v) is 9.25. The molecule has 9 N–H and O–H groups in total. The molecule has 3 atom stereocenters. The summed E-state index contributed by atoms with van der Waals surface area (Å²) < 4.78 is 0. The number of carboxylic acids is 1. The highest BCUT2D eigenvalue weighted by atomic mass is 32.2. The fourth-order valence-corrected chi connectivity index (χ4v) is 2.28. The van der Waals surface area contributed by atoms with Crippen LogP contribution in [-0.4, -0.2) is 83.1 Å². The van der Waals surface area contributed by atoms with Gasteiger partial charge in [-0.2, -0.15) is 11.8 Å². The van der Waals surface area contributed by atoms with Crippen molar-refractivity contribution < 1.29 is 34.2 Å². The third kappa shape index (κ3) is 10.4. The predicted octanol–water partition coefficient (Wildman–Crippen LogP) is -3.90. The highest BCUT2D eigenvalue weighted by Gasteiger charge is 2.27. The SMILES string of the molecule is CSCC[C@H](N)C(=O)NCC(=O)N[C@@H](CC(N)=O)C(=O)N[C@@H](CO)C(=O)O. The van der Waals surface area contributed by atoms with E-state index in [9.17, 15) is 24.0 Å². The van der Waals surface area contributed by atoms with Crippen LogP contribution in [0.2, 0.25) is 0 Å². The van der Waals surface area contributed by atoms with Crippen LogP contribution in [0.5, 0.6) is 0 Å². The first kappa shape index (κ1) is 24.6. The minimum Gasteiger partial charge on any atom is -0.480 e. The van der Waals surface area contributed by atoms with Gasteiger partial charge in [0.15, 0.2) is 0 Å². The second kappa shape index (κ2) is 12.9. The number of aliphatic hydroxyl groups is 1. The lowest BCUT2D eigenvalue weighted by molar-refractivity contribution is -0.143. The average molecular weight is 407 g/mol. The van der Waals surface area contributed by atoms with Crippen molar-refractivity contribution in [3.63, 3.8) is 0 Å². The van der Waals surface area contributed by atoms with Gasteiger partial charge in [0, 0.05) is 0 Å². The summed E-state index contributed by atoms with van der Waals surface area (Å²) in [7, 11) is 0. The minimum atomic E-state index is -1.61. The Bertz CT molecular complexity index is 560. The highest BCUT2D eigenvalue weighted by molar-refractivity contribution is 7.98. The van der Waals surface area contributed by atoms with Crippen molar-refractivity contribution in [2.75, 3.05) is 25.2 Å². The molecule has 0 fully saturated rings.